The Hall–Kier alpha value is -1.70. The number of pyridine rings is 1. The number of nitrogens with one attached hydrogen (secondary N) is 1. The minimum Gasteiger partial charge on any atom is -0.387 e. The lowest BCUT2D eigenvalue weighted by molar-refractivity contribution is -0.0163. The fourth-order valence-corrected chi connectivity index (χ4v) is 2.33. The second-order valence-electron chi connectivity index (χ2n) is 5.52. The van der Waals surface area contributed by atoms with E-state index in [-0.39, 0.29) is 0 Å². The minimum absolute atomic E-state index is 0.314. The van der Waals surface area contributed by atoms with E-state index in [2.05, 4.69) is 15.2 Å². The van der Waals surface area contributed by atoms with Gasteiger partial charge in [0.2, 0.25) is 0 Å². The normalized spacial score (nSPS) is 19.0. The average Bonchev–Trinajstić information content (AvgIpc) is 2.46. The number of morpholine rings is 1. The molecule has 4 N–H and O–H groups in total. The van der Waals surface area contributed by atoms with Crippen molar-refractivity contribution in [3.63, 3.8) is 0 Å². The molecule has 1 atom stereocenters. The van der Waals surface area contributed by atoms with Crippen molar-refractivity contribution in [2.24, 2.45) is 5.73 Å². The van der Waals surface area contributed by atoms with Crippen LogP contribution in [0.3, 0.4) is 0 Å². The number of primary amides is 1. The predicted molar refractivity (Wildman–Crippen MR) is 79.1 cm³/mol. The zero-order chi connectivity index (χ0) is 15.3. The van der Waals surface area contributed by atoms with E-state index in [4.69, 9.17) is 10.5 Å². The fourth-order valence-electron chi connectivity index (χ4n) is 2.33. The quantitative estimate of drug-likeness (QED) is 0.664. The van der Waals surface area contributed by atoms with Gasteiger partial charge in [0.05, 0.1) is 30.1 Å². The van der Waals surface area contributed by atoms with Crippen molar-refractivity contribution >= 4 is 11.6 Å². The molecular formula is C14H22N4O3. The summed E-state index contributed by atoms with van der Waals surface area (Å²) >= 11 is 0. The number of hydrogen-bond acceptors (Lipinski definition) is 6. The SMILES string of the molecule is CC(O)(CNc1ccncc1C(N)=O)CN1CCOCC1. The highest BCUT2D eigenvalue weighted by atomic mass is 16.5. The van der Waals surface area contributed by atoms with Gasteiger partial charge in [0.25, 0.3) is 5.91 Å². The first-order valence-corrected chi connectivity index (χ1v) is 6.98. The van der Waals surface area contributed by atoms with E-state index < -0.39 is 11.5 Å². The maximum absolute atomic E-state index is 11.3. The molecule has 21 heavy (non-hydrogen) atoms. The smallest absolute Gasteiger partial charge is 0.252 e. The van der Waals surface area contributed by atoms with Crippen LogP contribution < -0.4 is 11.1 Å². The van der Waals surface area contributed by atoms with Crippen LogP contribution in [0.4, 0.5) is 5.69 Å². The molecule has 2 heterocycles. The molecule has 0 bridgehead atoms. The van der Waals surface area contributed by atoms with Crippen molar-refractivity contribution in [3.8, 4) is 0 Å². The molecule has 1 aliphatic rings. The molecule has 116 valence electrons. The third-order valence-electron chi connectivity index (χ3n) is 3.41. The number of hydrogen-bond donors (Lipinski definition) is 3. The molecular weight excluding hydrogens is 272 g/mol. The molecule has 1 aromatic heterocycles. The number of rotatable bonds is 6. The van der Waals surface area contributed by atoms with Gasteiger partial charge >= 0.3 is 0 Å². The molecule has 7 heteroatoms. The minimum atomic E-state index is -0.921. The van der Waals surface area contributed by atoms with Crippen molar-refractivity contribution in [2.75, 3.05) is 44.7 Å². The van der Waals surface area contributed by atoms with Gasteiger partial charge < -0.3 is 20.9 Å². The highest BCUT2D eigenvalue weighted by molar-refractivity contribution is 5.98. The number of ether oxygens (including phenoxy) is 1. The van der Waals surface area contributed by atoms with Crippen LogP contribution in [0.25, 0.3) is 0 Å². The number of amides is 1. The Labute approximate surface area is 124 Å². The molecule has 0 spiro atoms. The molecule has 0 saturated carbocycles. The van der Waals surface area contributed by atoms with Crippen molar-refractivity contribution in [1.82, 2.24) is 9.88 Å². The zero-order valence-electron chi connectivity index (χ0n) is 12.2. The molecule has 0 aliphatic carbocycles. The van der Waals surface area contributed by atoms with E-state index in [0.29, 0.717) is 37.6 Å². The summed E-state index contributed by atoms with van der Waals surface area (Å²) in [5.74, 6) is -0.543. The summed E-state index contributed by atoms with van der Waals surface area (Å²) in [6.07, 6.45) is 2.99. The number of β-amino-alcohol motifs (C(OH)–C–C–N with tert-alkyl or cyclic N) is 1. The Morgan fingerprint density at radius 1 is 1.57 bits per heavy atom. The number of aliphatic hydroxyl groups is 1. The van der Waals surface area contributed by atoms with Gasteiger partial charge in [-0.05, 0) is 13.0 Å². The van der Waals surface area contributed by atoms with Crippen molar-refractivity contribution in [2.45, 2.75) is 12.5 Å². The predicted octanol–water partition coefficient (Wildman–Crippen LogP) is -0.324. The highest BCUT2D eigenvalue weighted by Gasteiger charge is 2.25. The molecule has 1 saturated heterocycles. The molecule has 1 fully saturated rings. The molecule has 1 aliphatic heterocycles. The molecule has 1 aromatic rings. The lowest BCUT2D eigenvalue weighted by atomic mass is 10.1. The van der Waals surface area contributed by atoms with E-state index in [9.17, 15) is 9.90 Å². The molecule has 2 rings (SSSR count). The van der Waals surface area contributed by atoms with Crippen molar-refractivity contribution in [3.05, 3.63) is 24.0 Å². The topological polar surface area (TPSA) is 101 Å². The molecule has 0 radical (unpaired) electrons. The van der Waals surface area contributed by atoms with E-state index in [1.54, 1.807) is 19.2 Å². The Bertz CT molecular complexity index is 487. The first-order valence-electron chi connectivity index (χ1n) is 6.98. The second kappa shape index (κ2) is 6.84. The summed E-state index contributed by atoms with van der Waals surface area (Å²) < 4.78 is 5.29. The number of carbonyl (C=O) groups excluding carboxylic acids is 1. The van der Waals surface area contributed by atoms with Gasteiger partial charge in [-0.15, -0.1) is 0 Å². The molecule has 0 aromatic carbocycles. The zero-order valence-corrected chi connectivity index (χ0v) is 12.2. The van der Waals surface area contributed by atoms with Crippen LogP contribution in [0, 0.1) is 0 Å². The molecule has 1 amide bonds. The Morgan fingerprint density at radius 2 is 2.29 bits per heavy atom. The third-order valence-corrected chi connectivity index (χ3v) is 3.41. The van der Waals surface area contributed by atoms with Crippen molar-refractivity contribution < 1.29 is 14.6 Å². The van der Waals surface area contributed by atoms with Gasteiger partial charge in [0.1, 0.15) is 0 Å². The largest absolute Gasteiger partial charge is 0.387 e. The maximum Gasteiger partial charge on any atom is 0.252 e. The van der Waals surface area contributed by atoms with E-state index in [0.717, 1.165) is 13.1 Å². The number of carbonyl (C=O) groups is 1. The Balaban J connectivity index is 1.93. The van der Waals surface area contributed by atoms with Gasteiger partial charge in [-0.25, -0.2) is 0 Å². The monoisotopic (exact) mass is 294 g/mol. The summed E-state index contributed by atoms with van der Waals surface area (Å²) in [6, 6.07) is 1.67. The highest BCUT2D eigenvalue weighted by Crippen LogP contribution is 2.15. The van der Waals surface area contributed by atoms with Gasteiger partial charge in [-0.3, -0.25) is 14.7 Å². The lowest BCUT2D eigenvalue weighted by Crippen LogP contribution is -2.49. The van der Waals surface area contributed by atoms with Gasteiger partial charge in [-0.1, -0.05) is 0 Å². The summed E-state index contributed by atoms with van der Waals surface area (Å²) in [6.45, 7) is 5.64. The van der Waals surface area contributed by atoms with Crippen LogP contribution in [0.15, 0.2) is 18.5 Å². The van der Waals surface area contributed by atoms with Crippen molar-refractivity contribution in [1.29, 1.82) is 0 Å². The van der Waals surface area contributed by atoms with E-state index in [1.807, 2.05) is 0 Å². The summed E-state index contributed by atoms with van der Waals surface area (Å²) in [5, 5.41) is 13.6. The van der Waals surface area contributed by atoms with Crippen LogP contribution >= 0.6 is 0 Å². The molecule has 1 unspecified atom stereocenters. The van der Waals surface area contributed by atoms with Gasteiger partial charge in [0.15, 0.2) is 0 Å². The van der Waals surface area contributed by atoms with Crippen LogP contribution in [-0.2, 0) is 4.74 Å². The number of nitrogens with two attached hydrogens (primary N) is 1. The first-order chi connectivity index (χ1) is 9.98. The third kappa shape index (κ3) is 4.66. The lowest BCUT2D eigenvalue weighted by Gasteiger charge is -2.34. The maximum atomic E-state index is 11.3. The Morgan fingerprint density at radius 3 is 2.95 bits per heavy atom. The summed E-state index contributed by atoms with van der Waals surface area (Å²) in [4.78, 5) is 17.4. The number of nitrogens with zero attached hydrogens (tertiary/aromatic N) is 2. The Kier molecular flexibility index (Phi) is 5.11. The standard InChI is InChI=1S/C14H22N4O3/c1-14(20,10-18-4-6-21-7-5-18)9-17-12-2-3-16-8-11(12)13(15)19/h2-3,8,20H,4-7,9-10H2,1H3,(H2,15,19)(H,16,17). The van der Waals surface area contributed by atoms with Crippen LogP contribution in [0.2, 0.25) is 0 Å². The summed E-state index contributed by atoms with van der Waals surface area (Å²) in [5.41, 5.74) is 5.28. The van der Waals surface area contributed by atoms with E-state index in [1.165, 1.54) is 6.20 Å². The van der Waals surface area contributed by atoms with Gasteiger partial charge in [0, 0.05) is 38.6 Å². The fraction of sp³-hybridized carbons (Fsp3) is 0.571. The first kappa shape index (κ1) is 15.7. The number of aromatic nitrogens is 1. The van der Waals surface area contributed by atoms with Crippen LogP contribution in [0.5, 0.6) is 0 Å². The van der Waals surface area contributed by atoms with Gasteiger partial charge in [-0.2, -0.15) is 0 Å². The van der Waals surface area contributed by atoms with E-state index >= 15 is 0 Å². The average molecular weight is 294 g/mol. The molecule has 7 nitrogen and oxygen atoms in total. The summed E-state index contributed by atoms with van der Waals surface area (Å²) in [7, 11) is 0. The second-order valence-corrected chi connectivity index (χ2v) is 5.52. The number of anilines is 1. The van der Waals surface area contributed by atoms with Crippen LogP contribution in [-0.4, -0.2) is 65.9 Å². The van der Waals surface area contributed by atoms with Crippen LogP contribution in [0.1, 0.15) is 17.3 Å².